The second-order valence-corrected chi connectivity index (χ2v) is 6.26. The average Bonchev–Trinajstić information content (AvgIpc) is 2.39. The highest BCUT2D eigenvalue weighted by atomic mass is 16.5. The summed E-state index contributed by atoms with van der Waals surface area (Å²) in [5, 5.41) is 0. The maximum absolute atomic E-state index is 5.97. The molecule has 0 saturated heterocycles. The lowest BCUT2D eigenvalue weighted by atomic mass is 9.74. The molecule has 1 atom stereocenters. The standard InChI is InChI=1S/C17H24O2/c1-17(2,3)13-9-11-14(12-10-13)19-16-8-6-5-7-15(16)18-4/h5-8,11,13H,9-10,12H2,1-4H3. The quantitative estimate of drug-likeness (QED) is 0.777. The van der Waals surface area contributed by atoms with Gasteiger partial charge in [0.1, 0.15) is 5.76 Å². The summed E-state index contributed by atoms with van der Waals surface area (Å²) in [6, 6.07) is 7.81. The van der Waals surface area contributed by atoms with Gasteiger partial charge in [-0.25, -0.2) is 0 Å². The number of rotatable bonds is 3. The van der Waals surface area contributed by atoms with Crippen LogP contribution >= 0.6 is 0 Å². The molecule has 0 spiro atoms. The van der Waals surface area contributed by atoms with E-state index in [1.165, 1.54) is 6.42 Å². The van der Waals surface area contributed by atoms with E-state index in [0.717, 1.165) is 36.0 Å². The van der Waals surface area contributed by atoms with Crippen LogP contribution in [0.2, 0.25) is 0 Å². The van der Waals surface area contributed by atoms with Crippen molar-refractivity contribution in [1.82, 2.24) is 0 Å². The predicted molar refractivity (Wildman–Crippen MR) is 78.5 cm³/mol. The first-order chi connectivity index (χ1) is 9.00. The van der Waals surface area contributed by atoms with Crippen molar-refractivity contribution in [2.45, 2.75) is 40.0 Å². The monoisotopic (exact) mass is 260 g/mol. The van der Waals surface area contributed by atoms with Gasteiger partial charge >= 0.3 is 0 Å². The Morgan fingerprint density at radius 3 is 2.32 bits per heavy atom. The summed E-state index contributed by atoms with van der Waals surface area (Å²) in [5.41, 5.74) is 0.381. The largest absolute Gasteiger partial charge is 0.493 e. The number of ether oxygens (including phenoxy) is 2. The third-order valence-corrected chi connectivity index (χ3v) is 3.90. The first kappa shape index (κ1) is 14.0. The number of benzene rings is 1. The van der Waals surface area contributed by atoms with Crippen LogP contribution in [0, 0.1) is 11.3 Å². The molecule has 0 saturated carbocycles. The van der Waals surface area contributed by atoms with Gasteiger partial charge in [-0.15, -0.1) is 0 Å². The first-order valence-corrected chi connectivity index (χ1v) is 7.00. The van der Waals surface area contributed by atoms with Gasteiger partial charge in [0.2, 0.25) is 0 Å². The SMILES string of the molecule is COc1ccccc1OC1=CCC(C(C)(C)C)CC1. The molecule has 1 unspecified atom stereocenters. The van der Waals surface area contributed by atoms with Crippen molar-refractivity contribution < 1.29 is 9.47 Å². The van der Waals surface area contributed by atoms with Crippen LogP contribution in [0.1, 0.15) is 40.0 Å². The molecule has 0 radical (unpaired) electrons. The molecule has 2 heteroatoms. The maximum atomic E-state index is 5.97. The topological polar surface area (TPSA) is 18.5 Å². The van der Waals surface area contributed by atoms with E-state index in [4.69, 9.17) is 9.47 Å². The van der Waals surface area contributed by atoms with Crippen LogP contribution in [0.3, 0.4) is 0 Å². The van der Waals surface area contributed by atoms with Crippen LogP contribution in [-0.4, -0.2) is 7.11 Å². The van der Waals surface area contributed by atoms with E-state index in [0.29, 0.717) is 5.41 Å². The van der Waals surface area contributed by atoms with Crippen molar-refractivity contribution in [3.63, 3.8) is 0 Å². The van der Waals surface area contributed by atoms with E-state index in [1.807, 2.05) is 24.3 Å². The van der Waals surface area contributed by atoms with E-state index in [1.54, 1.807) is 7.11 Å². The number of methoxy groups -OCH3 is 1. The zero-order valence-electron chi connectivity index (χ0n) is 12.4. The highest BCUT2D eigenvalue weighted by Crippen LogP contribution is 2.38. The molecule has 19 heavy (non-hydrogen) atoms. The van der Waals surface area contributed by atoms with Crippen LogP contribution in [-0.2, 0) is 0 Å². The fraction of sp³-hybridized carbons (Fsp3) is 0.529. The molecule has 1 aromatic carbocycles. The van der Waals surface area contributed by atoms with E-state index in [9.17, 15) is 0 Å². The van der Waals surface area contributed by atoms with Crippen LogP contribution < -0.4 is 9.47 Å². The Morgan fingerprint density at radius 1 is 1.11 bits per heavy atom. The van der Waals surface area contributed by atoms with Gasteiger partial charge < -0.3 is 9.47 Å². The summed E-state index contributed by atoms with van der Waals surface area (Å²) in [7, 11) is 1.67. The molecule has 0 aromatic heterocycles. The highest BCUT2D eigenvalue weighted by Gasteiger charge is 2.26. The molecular weight excluding hydrogens is 236 g/mol. The molecule has 1 aliphatic rings. The molecule has 0 N–H and O–H groups in total. The summed E-state index contributed by atoms with van der Waals surface area (Å²) >= 11 is 0. The summed E-state index contributed by atoms with van der Waals surface area (Å²) in [6.45, 7) is 6.95. The lowest BCUT2D eigenvalue weighted by Crippen LogP contribution is -2.22. The van der Waals surface area contributed by atoms with Gasteiger partial charge in [-0.1, -0.05) is 32.9 Å². The van der Waals surface area contributed by atoms with Crippen molar-refractivity contribution in [1.29, 1.82) is 0 Å². The Morgan fingerprint density at radius 2 is 1.79 bits per heavy atom. The van der Waals surface area contributed by atoms with Gasteiger partial charge in [-0.3, -0.25) is 0 Å². The molecule has 0 heterocycles. The fourth-order valence-electron chi connectivity index (χ4n) is 2.53. The summed E-state index contributed by atoms with van der Waals surface area (Å²) in [4.78, 5) is 0. The molecule has 0 amide bonds. The lowest BCUT2D eigenvalue weighted by molar-refractivity contribution is 0.205. The Labute approximate surface area is 116 Å². The minimum Gasteiger partial charge on any atom is -0.493 e. The van der Waals surface area contributed by atoms with Crippen LogP contribution in [0.5, 0.6) is 11.5 Å². The Bertz CT molecular complexity index is 455. The fourth-order valence-corrected chi connectivity index (χ4v) is 2.53. The summed E-state index contributed by atoms with van der Waals surface area (Å²) < 4.78 is 11.3. The number of allylic oxidation sites excluding steroid dienone is 2. The maximum Gasteiger partial charge on any atom is 0.168 e. The summed E-state index contributed by atoms with van der Waals surface area (Å²) in [6.07, 6.45) is 5.56. The molecular formula is C17H24O2. The van der Waals surface area contributed by atoms with Gasteiger partial charge in [0.25, 0.3) is 0 Å². The summed E-state index contributed by atoms with van der Waals surface area (Å²) in [5.74, 6) is 3.43. The van der Waals surface area contributed by atoms with Crippen molar-refractivity contribution >= 4 is 0 Å². The van der Waals surface area contributed by atoms with Gasteiger partial charge in [0.15, 0.2) is 11.5 Å². The second-order valence-electron chi connectivity index (χ2n) is 6.26. The molecule has 104 valence electrons. The lowest BCUT2D eigenvalue weighted by Gasteiger charge is -2.33. The number of hydrogen-bond donors (Lipinski definition) is 0. The number of hydrogen-bond acceptors (Lipinski definition) is 2. The van der Waals surface area contributed by atoms with Crippen molar-refractivity contribution in [3.05, 3.63) is 36.1 Å². The average molecular weight is 260 g/mol. The molecule has 0 fully saturated rings. The second kappa shape index (κ2) is 5.68. The molecule has 0 aliphatic heterocycles. The van der Waals surface area contributed by atoms with E-state index in [-0.39, 0.29) is 0 Å². The molecule has 1 aromatic rings. The van der Waals surface area contributed by atoms with Crippen LogP contribution in [0.4, 0.5) is 0 Å². The third-order valence-electron chi connectivity index (χ3n) is 3.90. The molecule has 1 aliphatic carbocycles. The first-order valence-electron chi connectivity index (χ1n) is 7.00. The molecule has 2 nitrogen and oxygen atoms in total. The zero-order chi connectivity index (χ0) is 13.9. The Kier molecular flexibility index (Phi) is 4.18. The van der Waals surface area contributed by atoms with E-state index < -0.39 is 0 Å². The third kappa shape index (κ3) is 3.52. The van der Waals surface area contributed by atoms with Crippen LogP contribution in [0.25, 0.3) is 0 Å². The molecule has 0 bridgehead atoms. The van der Waals surface area contributed by atoms with Gasteiger partial charge in [-0.05, 0) is 42.4 Å². The predicted octanol–water partition coefficient (Wildman–Crippen LogP) is 4.80. The van der Waals surface area contributed by atoms with E-state index in [2.05, 4.69) is 26.8 Å². The van der Waals surface area contributed by atoms with Gasteiger partial charge in [0.05, 0.1) is 7.11 Å². The normalized spacial score (nSPS) is 19.8. The zero-order valence-corrected chi connectivity index (χ0v) is 12.4. The minimum atomic E-state index is 0.381. The van der Waals surface area contributed by atoms with Crippen LogP contribution in [0.15, 0.2) is 36.1 Å². The van der Waals surface area contributed by atoms with Crippen molar-refractivity contribution in [2.24, 2.45) is 11.3 Å². The Balaban J connectivity index is 2.04. The van der Waals surface area contributed by atoms with Gasteiger partial charge in [-0.2, -0.15) is 0 Å². The smallest absolute Gasteiger partial charge is 0.168 e. The minimum absolute atomic E-state index is 0.381. The van der Waals surface area contributed by atoms with E-state index >= 15 is 0 Å². The van der Waals surface area contributed by atoms with Gasteiger partial charge in [0, 0.05) is 6.42 Å². The van der Waals surface area contributed by atoms with Crippen molar-refractivity contribution in [3.8, 4) is 11.5 Å². The highest BCUT2D eigenvalue weighted by molar-refractivity contribution is 5.40. The van der Waals surface area contributed by atoms with Crippen molar-refractivity contribution in [2.75, 3.05) is 7.11 Å². The Hall–Kier alpha value is -1.44. The number of para-hydroxylation sites is 2. The molecule has 2 rings (SSSR count).